The number of unbranched alkanes of at least 4 members (excludes halogenated alkanes) is 4. The molecule has 0 N–H and O–H groups in total. The second-order valence-corrected chi connectivity index (χ2v) is 7.51. The molecule has 0 aromatic carbocycles. The smallest absolute Gasteiger partial charge is 0.379 e. The molecule has 1 heterocycles. The SMILES string of the molecule is FC(F)(F)C(F)(F)C(F)(F)C(F)(F)C(F)(F)CCCCCCCOCC1CCCCO1. The van der Waals surface area contributed by atoms with Crippen LogP contribution in [0.5, 0.6) is 0 Å². The normalized spacial score (nSPS) is 19.6. The monoisotopic (exact) mass is 482 g/mol. The molecule has 1 rings (SSSR count). The van der Waals surface area contributed by atoms with Gasteiger partial charge in [0.2, 0.25) is 0 Å². The van der Waals surface area contributed by atoms with E-state index in [4.69, 9.17) is 9.47 Å². The second kappa shape index (κ2) is 10.8. The minimum Gasteiger partial charge on any atom is -0.379 e. The maximum atomic E-state index is 13.5. The molecule has 2 nitrogen and oxygen atoms in total. The van der Waals surface area contributed by atoms with Crippen LogP contribution < -0.4 is 0 Å². The molecule has 0 radical (unpaired) electrons. The Morgan fingerprint density at radius 2 is 1.26 bits per heavy atom. The number of halogens is 11. The first kappa shape index (κ1) is 28.2. The first-order valence-electron chi connectivity index (χ1n) is 9.85. The van der Waals surface area contributed by atoms with Crippen LogP contribution in [0.1, 0.15) is 57.8 Å². The van der Waals surface area contributed by atoms with Gasteiger partial charge in [-0.05, 0) is 32.1 Å². The standard InChI is InChI=1S/C18H25F11O2/c19-14(20,15(21,22)16(23,24)17(25,26)18(27,28)29)9-5-2-1-3-6-10-30-12-13-8-4-7-11-31-13/h13H,1-12H2. The molecule has 1 atom stereocenters. The summed E-state index contributed by atoms with van der Waals surface area (Å²) in [6, 6.07) is 0. The third-order valence-corrected chi connectivity index (χ3v) is 4.96. The summed E-state index contributed by atoms with van der Waals surface area (Å²) in [6.45, 7) is 1.41. The van der Waals surface area contributed by atoms with E-state index < -0.39 is 42.7 Å². The van der Waals surface area contributed by atoms with Gasteiger partial charge in [-0.2, -0.15) is 48.3 Å². The molecule has 1 fully saturated rings. The molecule has 0 aliphatic carbocycles. The van der Waals surface area contributed by atoms with Crippen LogP contribution in [-0.2, 0) is 9.47 Å². The van der Waals surface area contributed by atoms with Gasteiger partial charge in [0.05, 0.1) is 12.7 Å². The number of ether oxygens (including phenoxy) is 2. The van der Waals surface area contributed by atoms with Crippen molar-refractivity contribution < 1.29 is 57.8 Å². The first-order valence-corrected chi connectivity index (χ1v) is 9.85. The molecule has 0 bridgehead atoms. The predicted octanol–water partition coefficient (Wildman–Crippen LogP) is 7.02. The highest BCUT2D eigenvalue weighted by Crippen LogP contribution is 2.58. The lowest BCUT2D eigenvalue weighted by atomic mass is 9.94. The van der Waals surface area contributed by atoms with Gasteiger partial charge < -0.3 is 9.47 Å². The van der Waals surface area contributed by atoms with E-state index in [2.05, 4.69) is 0 Å². The van der Waals surface area contributed by atoms with Crippen LogP contribution in [0.15, 0.2) is 0 Å². The molecule has 1 aliphatic heterocycles. The van der Waals surface area contributed by atoms with E-state index in [1.807, 2.05) is 0 Å². The van der Waals surface area contributed by atoms with Crippen LogP contribution in [0.4, 0.5) is 48.3 Å². The number of hydrogen-bond donors (Lipinski definition) is 0. The fourth-order valence-electron chi connectivity index (χ4n) is 3.00. The van der Waals surface area contributed by atoms with Crippen molar-refractivity contribution in [1.82, 2.24) is 0 Å². The average Bonchev–Trinajstić information content (AvgIpc) is 2.66. The molecule has 31 heavy (non-hydrogen) atoms. The van der Waals surface area contributed by atoms with Gasteiger partial charge in [0.1, 0.15) is 0 Å². The maximum Gasteiger partial charge on any atom is 0.460 e. The average molecular weight is 482 g/mol. The summed E-state index contributed by atoms with van der Waals surface area (Å²) in [6.07, 6.45) is -5.86. The van der Waals surface area contributed by atoms with Gasteiger partial charge in [0.25, 0.3) is 0 Å². The van der Waals surface area contributed by atoms with E-state index >= 15 is 0 Å². The zero-order chi connectivity index (χ0) is 24.0. The molecule has 1 aliphatic rings. The summed E-state index contributed by atoms with van der Waals surface area (Å²) in [5, 5.41) is 0. The van der Waals surface area contributed by atoms with Gasteiger partial charge >= 0.3 is 29.9 Å². The van der Waals surface area contributed by atoms with Crippen molar-refractivity contribution in [2.75, 3.05) is 19.8 Å². The van der Waals surface area contributed by atoms with Gasteiger partial charge in [0, 0.05) is 19.6 Å². The highest BCUT2D eigenvalue weighted by Gasteiger charge is 2.86. The molecule has 0 spiro atoms. The van der Waals surface area contributed by atoms with Crippen LogP contribution in [0.25, 0.3) is 0 Å². The lowest BCUT2D eigenvalue weighted by Gasteiger charge is -2.37. The summed E-state index contributed by atoms with van der Waals surface area (Å²) in [5.74, 6) is -27.3. The van der Waals surface area contributed by atoms with Crippen molar-refractivity contribution in [2.45, 2.75) is 93.8 Å². The summed E-state index contributed by atoms with van der Waals surface area (Å²) < 4.78 is 152. The van der Waals surface area contributed by atoms with Crippen molar-refractivity contribution in [3.8, 4) is 0 Å². The Morgan fingerprint density at radius 3 is 1.81 bits per heavy atom. The molecule has 0 amide bonds. The number of hydrogen-bond acceptors (Lipinski definition) is 2. The quantitative estimate of drug-likeness (QED) is 0.208. The fraction of sp³-hybridized carbons (Fsp3) is 1.00. The zero-order valence-corrected chi connectivity index (χ0v) is 16.5. The van der Waals surface area contributed by atoms with Crippen LogP contribution >= 0.6 is 0 Å². The largest absolute Gasteiger partial charge is 0.460 e. The van der Waals surface area contributed by atoms with Crippen LogP contribution in [0.2, 0.25) is 0 Å². The molecule has 13 heteroatoms. The summed E-state index contributed by atoms with van der Waals surface area (Å²) in [4.78, 5) is 0. The fourth-order valence-corrected chi connectivity index (χ4v) is 3.00. The van der Waals surface area contributed by atoms with Crippen molar-refractivity contribution in [1.29, 1.82) is 0 Å². The Labute approximate surface area is 172 Å². The van der Waals surface area contributed by atoms with Crippen LogP contribution in [0.3, 0.4) is 0 Å². The van der Waals surface area contributed by atoms with Crippen molar-refractivity contribution in [2.24, 2.45) is 0 Å². The minimum atomic E-state index is -7.32. The van der Waals surface area contributed by atoms with E-state index in [0.29, 0.717) is 32.7 Å². The zero-order valence-electron chi connectivity index (χ0n) is 16.5. The molecular weight excluding hydrogens is 457 g/mol. The molecular formula is C18H25F11O2. The van der Waals surface area contributed by atoms with Crippen molar-refractivity contribution in [3.63, 3.8) is 0 Å². The Morgan fingerprint density at radius 1 is 0.677 bits per heavy atom. The molecule has 0 aromatic rings. The van der Waals surface area contributed by atoms with E-state index in [9.17, 15) is 48.3 Å². The molecule has 1 saturated heterocycles. The minimum absolute atomic E-state index is 0.0144. The van der Waals surface area contributed by atoms with Crippen molar-refractivity contribution in [3.05, 3.63) is 0 Å². The van der Waals surface area contributed by atoms with Gasteiger partial charge in [-0.15, -0.1) is 0 Å². The third-order valence-electron chi connectivity index (χ3n) is 4.96. The highest BCUT2D eigenvalue weighted by molar-refractivity contribution is 5.06. The lowest BCUT2D eigenvalue weighted by Crippen LogP contribution is -2.66. The summed E-state index contributed by atoms with van der Waals surface area (Å²) in [7, 11) is 0. The van der Waals surface area contributed by atoms with E-state index in [1.54, 1.807) is 0 Å². The van der Waals surface area contributed by atoms with Crippen molar-refractivity contribution >= 4 is 0 Å². The first-order chi connectivity index (χ1) is 14.1. The van der Waals surface area contributed by atoms with E-state index in [1.165, 1.54) is 0 Å². The molecule has 186 valence electrons. The third kappa shape index (κ3) is 6.82. The topological polar surface area (TPSA) is 18.5 Å². The Bertz CT molecular complexity index is 529. The van der Waals surface area contributed by atoms with E-state index in [-0.39, 0.29) is 18.9 Å². The molecule has 1 unspecified atom stereocenters. The predicted molar refractivity (Wildman–Crippen MR) is 88.0 cm³/mol. The highest BCUT2D eigenvalue weighted by atomic mass is 19.4. The van der Waals surface area contributed by atoms with Crippen LogP contribution in [-0.4, -0.2) is 55.8 Å². The maximum absolute atomic E-state index is 13.5. The van der Waals surface area contributed by atoms with Gasteiger partial charge in [0.15, 0.2) is 0 Å². The second-order valence-electron chi connectivity index (χ2n) is 7.51. The summed E-state index contributed by atoms with van der Waals surface area (Å²) >= 11 is 0. The van der Waals surface area contributed by atoms with E-state index in [0.717, 1.165) is 19.3 Å². The number of alkyl halides is 11. The number of rotatable bonds is 13. The molecule has 0 saturated carbocycles. The van der Waals surface area contributed by atoms with Gasteiger partial charge in [-0.25, -0.2) is 0 Å². The lowest BCUT2D eigenvalue weighted by molar-refractivity contribution is -0.422. The molecule has 0 aromatic heterocycles. The Balaban J connectivity index is 2.36. The van der Waals surface area contributed by atoms with Gasteiger partial charge in [-0.3, -0.25) is 0 Å². The Kier molecular flexibility index (Phi) is 9.86. The summed E-state index contributed by atoms with van der Waals surface area (Å²) in [5.41, 5.74) is 0. The van der Waals surface area contributed by atoms with Crippen LogP contribution in [0, 0.1) is 0 Å². The Hall–Kier alpha value is -0.850. The van der Waals surface area contributed by atoms with Gasteiger partial charge in [-0.1, -0.05) is 19.3 Å².